The van der Waals surface area contributed by atoms with Gasteiger partial charge in [0.1, 0.15) is 0 Å². The highest BCUT2D eigenvalue weighted by Gasteiger charge is 2.22. The van der Waals surface area contributed by atoms with Gasteiger partial charge >= 0.3 is 0 Å². The van der Waals surface area contributed by atoms with Crippen LogP contribution < -0.4 is 10.2 Å². The van der Waals surface area contributed by atoms with Gasteiger partial charge in [-0.1, -0.05) is 12.1 Å². The number of thioether (sulfide) groups is 1. The number of hydrogen-bond acceptors (Lipinski definition) is 7. The molecule has 2 aromatic rings. The van der Waals surface area contributed by atoms with Crippen LogP contribution in [0.1, 0.15) is 21.5 Å². The zero-order chi connectivity index (χ0) is 22.5. The Labute approximate surface area is 192 Å². The molecule has 0 aliphatic carbocycles. The molecule has 0 spiro atoms. The lowest BCUT2D eigenvalue weighted by Crippen LogP contribution is -2.37. The van der Waals surface area contributed by atoms with E-state index in [1.807, 2.05) is 35.7 Å². The minimum absolute atomic E-state index is 0.0982. The molecule has 32 heavy (non-hydrogen) atoms. The lowest BCUT2D eigenvalue weighted by atomic mass is 10.1. The van der Waals surface area contributed by atoms with E-state index in [0.717, 1.165) is 25.2 Å². The van der Waals surface area contributed by atoms with Gasteiger partial charge in [-0.25, -0.2) is 0 Å². The molecule has 0 saturated carbocycles. The molecule has 0 aromatic heterocycles. The van der Waals surface area contributed by atoms with Crippen LogP contribution in [0.25, 0.3) is 0 Å². The number of ether oxygens (including phenoxy) is 1. The van der Waals surface area contributed by atoms with Gasteiger partial charge in [-0.15, -0.1) is 0 Å². The number of hydrogen-bond donors (Lipinski definition) is 1. The Kier molecular flexibility index (Phi) is 7.29. The number of rotatable bonds is 6. The Morgan fingerprint density at radius 2 is 1.88 bits per heavy atom. The molecule has 0 radical (unpaired) electrons. The van der Waals surface area contributed by atoms with Crippen molar-refractivity contribution < 1.29 is 14.5 Å². The number of nitrogens with one attached hydrogen (secondary N) is 1. The third-order valence-corrected chi connectivity index (χ3v) is 6.78. The van der Waals surface area contributed by atoms with E-state index in [2.05, 4.69) is 16.3 Å². The number of anilines is 2. The minimum Gasteiger partial charge on any atom is -0.378 e. The Morgan fingerprint density at radius 3 is 2.56 bits per heavy atom. The molecule has 9 heteroatoms. The van der Waals surface area contributed by atoms with Crippen molar-refractivity contribution in [2.24, 2.45) is 0 Å². The van der Waals surface area contributed by atoms with Crippen molar-refractivity contribution >= 4 is 34.7 Å². The van der Waals surface area contributed by atoms with E-state index in [1.54, 1.807) is 6.07 Å². The number of benzene rings is 2. The molecule has 0 atom stereocenters. The van der Waals surface area contributed by atoms with Gasteiger partial charge in [-0.2, -0.15) is 11.8 Å². The summed E-state index contributed by atoms with van der Waals surface area (Å²) in [5.41, 5.74) is 3.80. The molecule has 1 amide bonds. The van der Waals surface area contributed by atoms with Crippen molar-refractivity contribution in [3.8, 4) is 0 Å². The van der Waals surface area contributed by atoms with Crippen LogP contribution in [0.3, 0.4) is 0 Å². The summed E-state index contributed by atoms with van der Waals surface area (Å²) in [5.74, 6) is 1.99. The normalized spacial score (nSPS) is 17.2. The molecule has 2 aliphatic heterocycles. The number of morpholine rings is 1. The Morgan fingerprint density at radius 1 is 1.12 bits per heavy atom. The van der Waals surface area contributed by atoms with E-state index < -0.39 is 4.92 Å². The SMILES string of the molecule is Cc1cc(CN2CCSCC2)ccc1NC(=O)c1cc([N+](=O)[O-])ccc1N1CCOCC1. The third-order valence-electron chi connectivity index (χ3n) is 5.84. The molecule has 1 N–H and O–H groups in total. The number of carbonyl (C=O) groups is 1. The second-order valence-corrected chi connectivity index (χ2v) is 9.27. The van der Waals surface area contributed by atoms with Crippen LogP contribution in [0.15, 0.2) is 36.4 Å². The molecule has 2 fully saturated rings. The van der Waals surface area contributed by atoms with Gasteiger partial charge in [0.05, 0.1) is 29.4 Å². The van der Waals surface area contributed by atoms with Gasteiger partial charge in [-0.05, 0) is 30.2 Å². The van der Waals surface area contributed by atoms with E-state index in [1.165, 1.54) is 29.2 Å². The summed E-state index contributed by atoms with van der Waals surface area (Å²) in [6.45, 7) is 7.48. The number of amides is 1. The van der Waals surface area contributed by atoms with Crippen LogP contribution >= 0.6 is 11.8 Å². The van der Waals surface area contributed by atoms with Gasteiger partial charge in [0.2, 0.25) is 0 Å². The highest BCUT2D eigenvalue weighted by Crippen LogP contribution is 2.28. The number of non-ortho nitro benzene ring substituents is 1. The van der Waals surface area contributed by atoms with Crippen LogP contribution in [0, 0.1) is 17.0 Å². The Balaban J connectivity index is 1.53. The highest BCUT2D eigenvalue weighted by molar-refractivity contribution is 7.99. The molecule has 2 heterocycles. The van der Waals surface area contributed by atoms with Crippen LogP contribution in [0.5, 0.6) is 0 Å². The predicted molar refractivity (Wildman–Crippen MR) is 128 cm³/mol. The fourth-order valence-corrected chi connectivity index (χ4v) is 5.05. The summed E-state index contributed by atoms with van der Waals surface area (Å²) in [6.07, 6.45) is 0. The van der Waals surface area contributed by atoms with E-state index in [9.17, 15) is 14.9 Å². The van der Waals surface area contributed by atoms with Gasteiger partial charge < -0.3 is 15.0 Å². The number of nitrogens with zero attached hydrogens (tertiary/aromatic N) is 3. The fourth-order valence-electron chi connectivity index (χ4n) is 4.07. The monoisotopic (exact) mass is 456 g/mol. The van der Waals surface area contributed by atoms with Gasteiger partial charge in [0, 0.05) is 62.0 Å². The molecule has 4 rings (SSSR count). The molecule has 0 unspecified atom stereocenters. The largest absolute Gasteiger partial charge is 0.378 e. The zero-order valence-corrected chi connectivity index (χ0v) is 19.0. The predicted octanol–water partition coefficient (Wildman–Crippen LogP) is 3.54. The van der Waals surface area contributed by atoms with Gasteiger partial charge in [-0.3, -0.25) is 19.8 Å². The summed E-state index contributed by atoms with van der Waals surface area (Å²) in [6, 6.07) is 10.5. The average molecular weight is 457 g/mol. The number of aryl methyl sites for hydroxylation is 1. The topological polar surface area (TPSA) is 88.0 Å². The summed E-state index contributed by atoms with van der Waals surface area (Å²) >= 11 is 1.99. The summed E-state index contributed by atoms with van der Waals surface area (Å²) in [4.78, 5) is 28.5. The summed E-state index contributed by atoms with van der Waals surface area (Å²) < 4.78 is 5.41. The summed E-state index contributed by atoms with van der Waals surface area (Å²) in [7, 11) is 0. The van der Waals surface area contributed by atoms with Gasteiger partial charge in [0.15, 0.2) is 0 Å². The molecule has 170 valence electrons. The molecule has 2 aliphatic rings. The first kappa shape index (κ1) is 22.6. The van der Waals surface area contributed by atoms with Crippen molar-refractivity contribution in [3.05, 3.63) is 63.2 Å². The van der Waals surface area contributed by atoms with E-state index in [-0.39, 0.29) is 11.6 Å². The second kappa shape index (κ2) is 10.3. The smallest absolute Gasteiger partial charge is 0.270 e. The molecule has 8 nitrogen and oxygen atoms in total. The quantitative estimate of drug-likeness (QED) is 0.525. The fraction of sp³-hybridized carbons (Fsp3) is 0.435. The molecule has 2 saturated heterocycles. The zero-order valence-electron chi connectivity index (χ0n) is 18.2. The first-order valence-electron chi connectivity index (χ1n) is 10.8. The van der Waals surface area contributed by atoms with Crippen LogP contribution in [0.2, 0.25) is 0 Å². The van der Waals surface area contributed by atoms with Crippen molar-refractivity contribution in [1.82, 2.24) is 4.90 Å². The maximum absolute atomic E-state index is 13.2. The molecular formula is C23H28N4O4S. The van der Waals surface area contributed by atoms with Crippen LogP contribution in [-0.4, -0.2) is 66.6 Å². The number of carbonyl (C=O) groups excluding carboxylic acids is 1. The van der Waals surface area contributed by atoms with Gasteiger partial charge in [0.25, 0.3) is 11.6 Å². The standard InChI is InChI=1S/C23H28N4O4S/c1-17-14-18(16-25-8-12-32-13-9-25)2-4-21(17)24-23(28)20-15-19(27(29)30)3-5-22(20)26-6-10-31-11-7-26/h2-5,14-15H,6-13,16H2,1H3,(H,24,28). The highest BCUT2D eigenvalue weighted by atomic mass is 32.2. The van der Waals surface area contributed by atoms with Crippen molar-refractivity contribution in [2.45, 2.75) is 13.5 Å². The lowest BCUT2D eigenvalue weighted by Gasteiger charge is -2.30. The molecule has 0 bridgehead atoms. The van der Waals surface area contributed by atoms with E-state index in [0.29, 0.717) is 43.2 Å². The summed E-state index contributed by atoms with van der Waals surface area (Å²) in [5, 5.41) is 14.3. The van der Waals surface area contributed by atoms with Crippen LogP contribution in [0.4, 0.5) is 17.1 Å². The Bertz CT molecular complexity index is 988. The maximum atomic E-state index is 13.2. The number of nitro groups is 1. The molecule has 2 aromatic carbocycles. The first-order valence-corrected chi connectivity index (χ1v) is 12.0. The Hall–Kier alpha value is -2.62. The molecular weight excluding hydrogens is 428 g/mol. The second-order valence-electron chi connectivity index (χ2n) is 8.05. The third kappa shape index (κ3) is 5.40. The maximum Gasteiger partial charge on any atom is 0.270 e. The van der Waals surface area contributed by atoms with Crippen LogP contribution in [-0.2, 0) is 11.3 Å². The van der Waals surface area contributed by atoms with E-state index in [4.69, 9.17) is 4.74 Å². The van der Waals surface area contributed by atoms with Crippen molar-refractivity contribution in [2.75, 3.05) is 61.1 Å². The first-order chi connectivity index (χ1) is 15.5. The lowest BCUT2D eigenvalue weighted by molar-refractivity contribution is -0.384. The van der Waals surface area contributed by atoms with Crippen molar-refractivity contribution in [3.63, 3.8) is 0 Å². The van der Waals surface area contributed by atoms with E-state index >= 15 is 0 Å². The number of nitro benzene ring substituents is 1. The minimum atomic E-state index is -0.473. The average Bonchev–Trinajstić information content (AvgIpc) is 2.81. The van der Waals surface area contributed by atoms with Crippen molar-refractivity contribution in [1.29, 1.82) is 0 Å².